The molecule has 31 heavy (non-hydrogen) atoms. The van der Waals surface area contributed by atoms with E-state index in [0.29, 0.717) is 30.8 Å². The lowest BCUT2D eigenvalue weighted by molar-refractivity contribution is -0.128. The fourth-order valence-corrected chi connectivity index (χ4v) is 3.81. The Morgan fingerprint density at radius 1 is 1.13 bits per heavy atom. The number of nitrogens with one attached hydrogen (secondary N) is 1. The molecule has 0 atom stereocenters. The van der Waals surface area contributed by atoms with Gasteiger partial charge < -0.3 is 15.0 Å². The van der Waals surface area contributed by atoms with Gasteiger partial charge in [0, 0.05) is 25.2 Å². The van der Waals surface area contributed by atoms with E-state index in [-0.39, 0.29) is 17.7 Å². The Bertz CT molecular complexity index is 1160. The van der Waals surface area contributed by atoms with Gasteiger partial charge in [-0.2, -0.15) is 5.26 Å². The van der Waals surface area contributed by atoms with Crippen LogP contribution in [0, 0.1) is 17.2 Å². The second kappa shape index (κ2) is 8.88. The number of fused-ring (bicyclic) bond motifs is 1. The minimum Gasteiger partial charge on any atom is -0.497 e. The molecule has 0 radical (unpaired) electrons. The Hall–Kier alpha value is -3.85. The van der Waals surface area contributed by atoms with Crippen LogP contribution in [0.4, 0.5) is 0 Å². The molecule has 6 nitrogen and oxygen atoms in total. The highest BCUT2D eigenvalue weighted by Crippen LogP contribution is 2.24. The van der Waals surface area contributed by atoms with Crippen molar-refractivity contribution in [3.63, 3.8) is 0 Å². The lowest BCUT2D eigenvalue weighted by Crippen LogP contribution is -2.55. The highest BCUT2D eigenvalue weighted by molar-refractivity contribution is 5.96. The average Bonchev–Trinajstić information content (AvgIpc) is 2.78. The van der Waals surface area contributed by atoms with Crippen molar-refractivity contribution in [1.29, 1.82) is 5.26 Å². The maximum absolute atomic E-state index is 12.5. The van der Waals surface area contributed by atoms with E-state index >= 15 is 0 Å². The molecule has 0 saturated carbocycles. The summed E-state index contributed by atoms with van der Waals surface area (Å²) < 4.78 is 5.33. The quantitative estimate of drug-likeness (QED) is 0.673. The van der Waals surface area contributed by atoms with Gasteiger partial charge >= 0.3 is 0 Å². The maximum atomic E-state index is 12.5. The van der Waals surface area contributed by atoms with Gasteiger partial charge in [-0.25, -0.2) is 0 Å². The maximum Gasteiger partial charge on any atom is 0.253 e. The molecule has 1 N–H and O–H groups in total. The first-order valence-electron chi connectivity index (χ1n) is 10.2. The van der Waals surface area contributed by atoms with Crippen LogP contribution >= 0.6 is 0 Å². The van der Waals surface area contributed by atoms with Crippen molar-refractivity contribution in [2.24, 2.45) is 5.92 Å². The van der Waals surface area contributed by atoms with E-state index in [1.165, 1.54) is 0 Å². The molecule has 6 heteroatoms. The van der Waals surface area contributed by atoms with Crippen molar-refractivity contribution in [2.75, 3.05) is 26.7 Å². The van der Waals surface area contributed by atoms with Gasteiger partial charge in [-0.05, 0) is 59.2 Å². The fourth-order valence-electron chi connectivity index (χ4n) is 3.81. The molecule has 1 saturated heterocycles. The van der Waals surface area contributed by atoms with Crippen LogP contribution in [0.5, 0.6) is 5.75 Å². The molecule has 0 bridgehead atoms. The summed E-state index contributed by atoms with van der Waals surface area (Å²) in [6.45, 7) is 1.36. The molecule has 1 heterocycles. The zero-order valence-electron chi connectivity index (χ0n) is 17.3. The third kappa shape index (κ3) is 4.36. The van der Waals surface area contributed by atoms with E-state index in [1.54, 1.807) is 36.3 Å². The number of likely N-dealkylation sites (tertiary alicyclic amines) is 1. The van der Waals surface area contributed by atoms with Crippen LogP contribution in [-0.2, 0) is 11.2 Å². The molecule has 1 aliphatic heterocycles. The van der Waals surface area contributed by atoms with Gasteiger partial charge in [0.05, 0.1) is 24.7 Å². The molecule has 1 fully saturated rings. The SMILES string of the molecule is COc1ccc2cccc(CCNC(=O)C3CN(C(=O)c4ccc(C#N)cc4)C3)c2c1. The molecule has 1 aliphatic rings. The predicted octanol–water partition coefficient (Wildman–Crippen LogP) is 3.15. The van der Waals surface area contributed by atoms with Crippen molar-refractivity contribution in [3.05, 3.63) is 77.4 Å². The van der Waals surface area contributed by atoms with Crippen molar-refractivity contribution >= 4 is 22.6 Å². The molecule has 4 rings (SSSR count). The number of methoxy groups -OCH3 is 1. The van der Waals surface area contributed by atoms with Gasteiger partial charge in [-0.1, -0.05) is 24.3 Å². The third-order valence-electron chi connectivity index (χ3n) is 5.67. The summed E-state index contributed by atoms with van der Waals surface area (Å²) in [6, 6.07) is 20.7. The molecule has 156 valence electrons. The van der Waals surface area contributed by atoms with Crippen molar-refractivity contribution in [1.82, 2.24) is 10.2 Å². The van der Waals surface area contributed by atoms with Gasteiger partial charge in [0.15, 0.2) is 0 Å². The van der Waals surface area contributed by atoms with E-state index in [2.05, 4.69) is 17.4 Å². The number of ether oxygens (including phenoxy) is 1. The molecule has 0 spiro atoms. The molecule has 3 aromatic rings. The number of hydrogen-bond donors (Lipinski definition) is 1. The Kier molecular flexibility index (Phi) is 5.85. The lowest BCUT2D eigenvalue weighted by Gasteiger charge is -2.38. The average molecular weight is 413 g/mol. The first-order valence-corrected chi connectivity index (χ1v) is 10.2. The summed E-state index contributed by atoms with van der Waals surface area (Å²) in [5.41, 5.74) is 2.20. The van der Waals surface area contributed by atoms with E-state index in [0.717, 1.165) is 28.5 Å². The van der Waals surface area contributed by atoms with Crippen molar-refractivity contribution < 1.29 is 14.3 Å². The van der Waals surface area contributed by atoms with Gasteiger partial charge in [0.25, 0.3) is 5.91 Å². The second-order valence-corrected chi connectivity index (χ2v) is 7.64. The summed E-state index contributed by atoms with van der Waals surface area (Å²) in [4.78, 5) is 26.6. The van der Waals surface area contributed by atoms with Crippen molar-refractivity contribution in [2.45, 2.75) is 6.42 Å². The van der Waals surface area contributed by atoms with Crippen molar-refractivity contribution in [3.8, 4) is 11.8 Å². The summed E-state index contributed by atoms with van der Waals surface area (Å²) in [5, 5.41) is 14.1. The summed E-state index contributed by atoms with van der Waals surface area (Å²) in [5.74, 6) is 0.486. The molecule has 3 aromatic carbocycles. The van der Waals surface area contributed by atoms with Gasteiger partial charge in [0.2, 0.25) is 5.91 Å². The highest BCUT2D eigenvalue weighted by Gasteiger charge is 2.35. The molecular weight excluding hydrogens is 390 g/mol. The smallest absolute Gasteiger partial charge is 0.253 e. The Balaban J connectivity index is 1.28. The zero-order chi connectivity index (χ0) is 21.8. The van der Waals surface area contributed by atoms with Crippen LogP contribution in [0.3, 0.4) is 0 Å². The summed E-state index contributed by atoms with van der Waals surface area (Å²) in [6.07, 6.45) is 0.719. The number of rotatable bonds is 6. The Morgan fingerprint density at radius 3 is 2.61 bits per heavy atom. The molecule has 2 amide bonds. The minimum absolute atomic E-state index is 0.0262. The second-order valence-electron chi connectivity index (χ2n) is 7.64. The lowest BCUT2D eigenvalue weighted by atomic mass is 9.97. The number of carbonyl (C=O) groups is 2. The monoisotopic (exact) mass is 413 g/mol. The normalized spacial score (nSPS) is 13.4. The minimum atomic E-state index is -0.185. The molecule has 0 aromatic heterocycles. The highest BCUT2D eigenvalue weighted by atomic mass is 16.5. The third-order valence-corrected chi connectivity index (χ3v) is 5.67. The number of hydrogen-bond acceptors (Lipinski definition) is 4. The van der Waals surface area contributed by atoms with Crippen LogP contribution in [0.2, 0.25) is 0 Å². The van der Waals surface area contributed by atoms with Crippen LogP contribution in [-0.4, -0.2) is 43.5 Å². The van der Waals surface area contributed by atoms with Gasteiger partial charge in [-0.15, -0.1) is 0 Å². The Labute approximate surface area is 181 Å². The number of benzene rings is 3. The van der Waals surface area contributed by atoms with Crippen LogP contribution in [0.1, 0.15) is 21.5 Å². The predicted molar refractivity (Wildman–Crippen MR) is 118 cm³/mol. The van der Waals surface area contributed by atoms with E-state index < -0.39 is 0 Å². The zero-order valence-corrected chi connectivity index (χ0v) is 17.3. The number of nitrogens with zero attached hydrogens (tertiary/aromatic N) is 2. The van der Waals surface area contributed by atoms with E-state index in [4.69, 9.17) is 10.00 Å². The summed E-state index contributed by atoms with van der Waals surface area (Å²) in [7, 11) is 1.65. The first kappa shape index (κ1) is 20.4. The molecular formula is C25H23N3O3. The van der Waals surface area contributed by atoms with Crippen LogP contribution < -0.4 is 10.1 Å². The number of nitriles is 1. The molecule has 0 unspecified atom stereocenters. The molecule has 0 aliphatic carbocycles. The first-order chi connectivity index (χ1) is 15.1. The summed E-state index contributed by atoms with van der Waals surface area (Å²) >= 11 is 0. The largest absolute Gasteiger partial charge is 0.497 e. The fraction of sp³-hybridized carbons (Fsp3) is 0.240. The van der Waals surface area contributed by atoms with E-state index in [1.807, 2.05) is 30.3 Å². The topological polar surface area (TPSA) is 82.4 Å². The number of carbonyl (C=O) groups excluding carboxylic acids is 2. The van der Waals surface area contributed by atoms with Crippen LogP contribution in [0.25, 0.3) is 10.8 Å². The van der Waals surface area contributed by atoms with E-state index in [9.17, 15) is 9.59 Å². The van der Waals surface area contributed by atoms with Crippen LogP contribution in [0.15, 0.2) is 60.7 Å². The number of amides is 2. The van der Waals surface area contributed by atoms with Gasteiger partial charge in [-0.3, -0.25) is 9.59 Å². The standard InChI is InChI=1S/C25H23N3O3/c1-31-22-10-9-18-3-2-4-19(23(18)13-22)11-12-27-24(29)21-15-28(16-21)25(30)20-7-5-17(14-26)6-8-20/h2-10,13,21H,11-12,15-16H2,1H3,(H,27,29). The Morgan fingerprint density at radius 2 is 1.90 bits per heavy atom. The van der Waals surface area contributed by atoms with Gasteiger partial charge in [0.1, 0.15) is 5.75 Å².